The fourth-order valence-corrected chi connectivity index (χ4v) is 3.86. The Balaban J connectivity index is 1.40. The molecule has 0 unspecified atom stereocenters. The summed E-state index contributed by atoms with van der Waals surface area (Å²) in [6.07, 6.45) is -8.34. The van der Waals surface area contributed by atoms with Gasteiger partial charge in [-0.15, -0.1) is 5.10 Å². The zero-order valence-electron chi connectivity index (χ0n) is 18.4. The molecule has 0 bridgehead atoms. The number of aromatic nitrogens is 2. The number of carbonyl (C=O) groups is 1. The molecule has 0 spiro atoms. The third-order valence-electron chi connectivity index (χ3n) is 5.73. The molecule has 1 aromatic carbocycles. The van der Waals surface area contributed by atoms with Gasteiger partial charge in [0.25, 0.3) is 0 Å². The molecule has 2 aromatic rings. The first-order valence-corrected chi connectivity index (χ1v) is 10.8. The Kier molecular flexibility index (Phi) is 6.92. The Morgan fingerprint density at radius 3 is 2.00 bits per heavy atom. The molecular formula is C21H22F6N6O2. The molecule has 0 saturated carbocycles. The first-order valence-electron chi connectivity index (χ1n) is 10.8. The van der Waals surface area contributed by atoms with Crippen molar-refractivity contribution in [1.29, 1.82) is 0 Å². The summed E-state index contributed by atoms with van der Waals surface area (Å²) in [6.45, 7) is 3.80. The third-order valence-corrected chi connectivity index (χ3v) is 5.73. The number of carbonyl (C=O) groups excluding carboxylic acids is 1. The first kappa shape index (κ1) is 24.8. The fourth-order valence-electron chi connectivity index (χ4n) is 3.86. The number of hydrogen-bond acceptors (Lipinski definition) is 6. The minimum Gasteiger partial charge on any atom is -0.378 e. The molecule has 35 heavy (non-hydrogen) atoms. The highest BCUT2D eigenvalue weighted by atomic mass is 19.4. The van der Waals surface area contributed by atoms with Crippen LogP contribution in [0.25, 0.3) is 0 Å². The molecule has 2 amide bonds. The van der Waals surface area contributed by atoms with Crippen molar-refractivity contribution in [1.82, 2.24) is 15.1 Å². The topological polar surface area (TPSA) is 73.8 Å². The molecule has 0 radical (unpaired) electrons. The van der Waals surface area contributed by atoms with Crippen LogP contribution in [0.5, 0.6) is 0 Å². The summed E-state index contributed by atoms with van der Waals surface area (Å²) in [5.74, 6) is 0.613. The molecule has 8 nitrogen and oxygen atoms in total. The van der Waals surface area contributed by atoms with Gasteiger partial charge in [0, 0.05) is 51.0 Å². The van der Waals surface area contributed by atoms with Crippen molar-refractivity contribution >= 4 is 23.2 Å². The van der Waals surface area contributed by atoms with E-state index in [0.29, 0.717) is 44.3 Å². The zero-order valence-corrected chi connectivity index (χ0v) is 18.4. The number of urea groups is 1. The van der Waals surface area contributed by atoms with E-state index < -0.39 is 35.2 Å². The highest BCUT2D eigenvalue weighted by Gasteiger charge is 2.37. The molecule has 1 aromatic heterocycles. The predicted octanol–water partition coefficient (Wildman–Crippen LogP) is 3.70. The van der Waals surface area contributed by atoms with Gasteiger partial charge < -0.3 is 24.8 Å². The van der Waals surface area contributed by atoms with Gasteiger partial charge in [-0.2, -0.15) is 31.4 Å². The van der Waals surface area contributed by atoms with Crippen LogP contribution in [-0.2, 0) is 17.1 Å². The van der Waals surface area contributed by atoms with Gasteiger partial charge in [-0.1, -0.05) is 0 Å². The minimum atomic E-state index is -5.00. The summed E-state index contributed by atoms with van der Waals surface area (Å²) < 4.78 is 83.7. The molecule has 2 aliphatic heterocycles. The lowest BCUT2D eigenvalue weighted by Crippen LogP contribution is -2.50. The number of hydrogen-bond donors (Lipinski definition) is 1. The van der Waals surface area contributed by atoms with Crippen molar-refractivity contribution in [3.63, 3.8) is 0 Å². The molecule has 2 aliphatic rings. The summed E-state index contributed by atoms with van der Waals surface area (Å²) in [7, 11) is 0. The molecule has 2 fully saturated rings. The number of anilines is 3. The van der Waals surface area contributed by atoms with Gasteiger partial charge in [-0.25, -0.2) is 4.79 Å². The number of nitrogens with zero attached hydrogens (tertiary/aromatic N) is 5. The third kappa shape index (κ3) is 6.05. The second kappa shape index (κ2) is 9.76. The molecule has 1 N–H and O–H groups in total. The van der Waals surface area contributed by atoms with Crippen molar-refractivity contribution in [2.45, 2.75) is 12.4 Å². The van der Waals surface area contributed by atoms with Crippen LogP contribution in [0.2, 0.25) is 0 Å². The van der Waals surface area contributed by atoms with E-state index in [1.54, 1.807) is 6.20 Å². The van der Waals surface area contributed by atoms with E-state index in [-0.39, 0.29) is 19.2 Å². The van der Waals surface area contributed by atoms with Gasteiger partial charge in [0.1, 0.15) is 0 Å². The van der Waals surface area contributed by atoms with E-state index >= 15 is 0 Å². The van der Waals surface area contributed by atoms with Crippen LogP contribution in [0.4, 0.5) is 48.3 Å². The summed E-state index contributed by atoms with van der Waals surface area (Å²) in [6, 6.07) is 2.08. The fraction of sp³-hybridized carbons (Fsp3) is 0.476. The average molecular weight is 504 g/mol. The lowest BCUT2D eigenvalue weighted by atomic mass is 10.1. The highest BCUT2D eigenvalue weighted by molar-refractivity contribution is 5.89. The molecule has 0 atom stereocenters. The van der Waals surface area contributed by atoms with E-state index in [0.717, 1.165) is 18.8 Å². The highest BCUT2D eigenvalue weighted by Crippen LogP contribution is 2.37. The SMILES string of the molecule is O=C(Nc1cc(C(F)(F)F)cc(C(F)(F)F)c1)N1CCN(c2cc(N3CCOCC3)cnn2)CC1. The van der Waals surface area contributed by atoms with Gasteiger partial charge in [-0.3, -0.25) is 0 Å². The van der Waals surface area contributed by atoms with Crippen LogP contribution in [0.1, 0.15) is 11.1 Å². The van der Waals surface area contributed by atoms with E-state index in [1.807, 2.05) is 11.0 Å². The monoisotopic (exact) mass is 504 g/mol. The smallest absolute Gasteiger partial charge is 0.378 e. The number of rotatable bonds is 3. The molecule has 0 aliphatic carbocycles. The zero-order chi connectivity index (χ0) is 25.2. The number of alkyl halides is 6. The van der Waals surface area contributed by atoms with Crippen LogP contribution >= 0.6 is 0 Å². The number of halogens is 6. The largest absolute Gasteiger partial charge is 0.416 e. The molecule has 190 valence electrons. The standard InChI is InChI=1S/C21H22F6N6O2/c22-20(23,24)14-9-15(21(25,26)27)11-16(10-14)29-19(34)33-3-1-32(2-4-33)18-12-17(13-28-30-18)31-5-7-35-8-6-31/h9-13H,1-8H2,(H,29,34). The van der Waals surface area contributed by atoms with Crippen molar-refractivity contribution in [3.8, 4) is 0 Å². The molecule has 2 saturated heterocycles. The van der Waals surface area contributed by atoms with E-state index in [4.69, 9.17) is 4.74 Å². The Labute approximate surface area is 196 Å². The number of amides is 2. The van der Waals surface area contributed by atoms with E-state index in [9.17, 15) is 31.1 Å². The lowest BCUT2D eigenvalue weighted by Gasteiger charge is -2.35. The van der Waals surface area contributed by atoms with Gasteiger partial charge >= 0.3 is 18.4 Å². The lowest BCUT2D eigenvalue weighted by molar-refractivity contribution is -0.143. The van der Waals surface area contributed by atoms with Gasteiger partial charge in [0.05, 0.1) is 36.2 Å². The van der Waals surface area contributed by atoms with Gasteiger partial charge in [-0.05, 0) is 18.2 Å². The Morgan fingerprint density at radius 1 is 0.829 bits per heavy atom. The molecule has 3 heterocycles. The quantitative estimate of drug-likeness (QED) is 0.643. The van der Waals surface area contributed by atoms with Crippen molar-refractivity contribution in [3.05, 3.63) is 41.6 Å². The maximum atomic E-state index is 13.1. The van der Waals surface area contributed by atoms with Crippen molar-refractivity contribution in [2.24, 2.45) is 0 Å². The van der Waals surface area contributed by atoms with Crippen molar-refractivity contribution < 1.29 is 35.9 Å². The summed E-state index contributed by atoms with van der Waals surface area (Å²) in [5.41, 5.74) is -2.68. The number of nitrogens with one attached hydrogen (secondary N) is 1. The summed E-state index contributed by atoms with van der Waals surface area (Å²) in [5, 5.41) is 10.4. The Morgan fingerprint density at radius 2 is 1.43 bits per heavy atom. The molecule has 4 rings (SSSR count). The van der Waals surface area contributed by atoms with Crippen LogP contribution in [0, 0.1) is 0 Å². The predicted molar refractivity (Wildman–Crippen MR) is 114 cm³/mol. The number of piperazine rings is 1. The summed E-state index contributed by atoms with van der Waals surface area (Å²) in [4.78, 5) is 17.9. The van der Waals surface area contributed by atoms with E-state index in [2.05, 4.69) is 20.4 Å². The summed E-state index contributed by atoms with van der Waals surface area (Å²) >= 11 is 0. The minimum absolute atomic E-state index is 0.0144. The van der Waals surface area contributed by atoms with Crippen LogP contribution in [0.3, 0.4) is 0 Å². The van der Waals surface area contributed by atoms with Gasteiger partial charge in [0.15, 0.2) is 5.82 Å². The second-order valence-electron chi connectivity index (χ2n) is 8.07. The average Bonchev–Trinajstić information content (AvgIpc) is 2.83. The Hall–Kier alpha value is -3.29. The van der Waals surface area contributed by atoms with Crippen LogP contribution in [0.15, 0.2) is 30.5 Å². The van der Waals surface area contributed by atoms with Crippen molar-refractivity contribution in [2.75, 3.05) is 67.6 Å². The number of ether oxygens (including phenoxy) is 1. The maximum absolute atomic E-state index is 13.1. The number of benzene rings is 1. The molecule has 14 heteroatoms. The van der Waals surface area contributed by atoms with Crippen LogP contribution < -0.4 is 15.1 Å². The second-order valence-corrected chi connectivity index (χ2v) is 8.07. The molecular weight excluding hydrogens is 482 g/mol. The maximum Gasteiger partial charge on any atom is 0.416 e. The van der Waals surface area contributed by atoms with Gasteiger partial charge in [0.2, 0.25) is 0 Å². The van der Waals surface area contributed by atoms with E-state index in [1.165, 1.54) is 4.90 Å². The Bertz CT molecular complexity index is 1020. The normalized spacial score (nSPS) is 17.5. The first-order chi connectivity index (χ1) is 16.5. The van der Waals surface area contributed by atoms with Crippen LogP contribution in [-0.4, -0.2) is 73.6 Å². The number of morpholine rings is 1.